The Morgan fingerprint density at radius 2 is 1.94 bits per heavy atom. The van der Waals surface area contributed by atoms with Crippen LogP contribution in [-0.4, -0.2) is 23.2 Å². The summed E-state index contributed by atoms with van der Waals surface area (Å²) in [5.74, 6) is 0. The molecule has 1 aromatic carbocycles. The molecule has 5 heteroatoms. The van der Waals surface area contributed by atoms with Crippen LogP contribution in [0.15, 0.2) is 24.3 Å². The van der Waals surface area contributed by atoms with Crippen molar-refractivity contribution in [3.8, 4) is 0 Å². The van der Waals surface area contributed by atoms with Gasteiger partial charge < -0.3 is 10.4 Å². The van der Waals surface area contributed by atoms with Gasteiger partial charge in [-0.2, -0.15) is 0 Å². The van der Waals surface area contributed by atoms with E-state index < -0.39 is 4.92 Å². The van der Waals surface area contributed by atoms with Gasteiger partial charge in [-0.05, 0) is 5.56 Å². The topological polar surface area (TPSA) is 75.4 Å². The van der Waals surface area contributed by atoms with E-state index in [1.807, 2.05) is 13.8 Å². The highest BCUT2D eigenvalue weighted by molar-refractivity contribution is 5.32. The molecule has 5 nitrogen and oxygen atoms in total. The number of nitrogens with one attached hydrogen (secondary N) is 1. The molecule has 2 N–H and O–H groups in total. The Morgan fingerprint density at radius 1 is 1.35 bits per heavy atom. The Hall–Kier alpha value is -1.46. The Kier molecular flexibility index (Phi) is 4.60. The maximum atomic E-state index is 10.5. The summed E-state index contributed by atoms with van der Waals surface area (Å²) in [5.41, 5.74) is 0.939. The molecule has 0 aliphatic heterocycles. The monoisotopic (exact) mass is 238 g/mol. The van der Waals surface area contributed by atoms with E-state index in [1.54, 1.807) is 12.1 Å². The second-order valence-electron chi connectivity index (χ2n) is 4.85. The van der Waals surface area contributed by atoms with E-state index in [4.69, 9.17) is 5.11 Å². The third kappa shape index (κ3) is 4.50. The van der Waals surface area contributed by atoms with Crippen molar-refractivity contribution in [2.24, 2.45) is 5.41 Å². The summed E-state index contributed by atoms with van der Waals surface area (Å²) in [4.78, 5) is 10.0. The summed E-state index contributed by atoms with van der Waals surface area (Å²) < 4.78 is 0. The lowest BCUT2D eigenvalue weighted by Crippen LogP contribution is -2.31. The second kappa shape index (κ2) is 5.75. The molecule has 0 heterocycles. The largest absolute Gasteiger partial charge is 0.396 e. The maximum Gasteiger partial charge on any atom is 0.269 e. The molecule has 0 spiro atoms. The van der Waals surface area contributed by atoms with Gasteiger partial charge in [0.1, 0.15) is 0 Å². The van der Waals surface area contributed by atoms with E-state index in [0.717, 1.165) is 5.56 Å². The van der Waals surface area contributed by atoms with Gasteiger partial charge in [0, 0.05) is 37.2 Å². The van der Waals surface area contributed by atoms with Crippen molar-refractivity contribution in [3.05, 3.63) is 39.9 Å². The third-order valence-electron chi connectivity index (χ3n) is 2.51. The SMILES string of the molecule is CC(C)(CO)CNCc1ccc([N+](=O)[O-])cc1. The molecule has 1 aromatic rings. The van der Waals surface area contributed by atoms with Crippen molar-refractivity contribution in [1.82, 2.24) is 5.32 Å². The summed E-state index contributed by atoms with van der Waals surface area (Å²) in [5, 5.41) is 22.7. The molecule has 0 bridgehead atoms. The zero-order valence-corrected chi connectivity index (χ0v) is 10.1. The molecule has 1 rings (SSSR count). The fourth-order valence-electron chi connectivity index (χ4n) is 1.34. The van der Waals surface area contributed by atoms with E-state index in [-0.39, 0.29) is 17.7 Å². The first kappa shape index (κ1) is 13.6. The van der Waals surface area contributed by atoms with Crippen LogP contribution in [0.3, 0.4) is 0 Å². The maximum absolute atomic E-state index is 10.5. The summed E-state index contributed by atoms with van der Waals surface area (Å²) in [6, 6.07) is 6.45. The summed E-state index contributed by atoms with van der Waals surface area (Å²) in [6.07, 6.45) is 0. The smallest absolute Gasteiger partial charge is 0.269 e. The van der Waals surface area contributed by atoms with Crippen LogP contribution in [0.2, 0.25) is 0 Å². The van der Waals surface area contributed by atoms with Crippen LogP contribution in [0.4, 0.5) is 5.69 Å². The van der Waals surface area contributed by atoms with Gasteiger partial charge in [-0.3, -0.25) is 10.1 Å². The van der Waals surface area contributed by atoms with Crippen LogP contribution in [0.1, 0.15) is 19.4 Å². The quantitative estimate of drug-likeness (QED) is 0.584. The fourth-order valence-corrected chi connectivity index (χ4v) is 1.34. The van der Waals surface area contributed by atoms with E-state index in [2.05, 4.69) is 5.32 Å². The highest BCUT2D eigenvalue weighted by Gasteiger charge is 2.15. The number of benzene rings is 1. The molecule has 0 saturated heterocycles. The first-order valence-corrected chi connectivity index (χ1v) is 5.49. The minimum Gasteiger partial charge on any atom is -0.396 e. The van der Waals surface area contributed by atoms with Crippen molar-refractivity contribution >= 4 is 5.69 Å². The molecule has 0 aliphatic rings. The van der Waals surface area contributed by atoms with Crippen molar-refractivity contribution in [2.75, 3.05) is 13.2 Å². The fraction of sp³-hybridized carbons (Fsp3) is 0.500. The molecule has 0 radical (unpaired) electrons. The van der Waals surface area contributed by atoms with Crippen molar-refractivity contribution in [2.45, 2.75) is 20.4 Å². The van der Waals surface area contributed by atoms with Gasteiger partial charge in [0.2, 0.25) is 0 Å². The highest BCUT2D eigenvalue weighted by Crippen LogP contribution is 2.13. The van der Waals surface area contributed by atoms with Gasteiger partial charge in [0.15, 0.2) is 0 Å². The summed E-state index contributed by atoms with van der Waals surface area (Å²) in [7, 11) is 0. The molecule has 0 amide bonds. The number of nitro groups is 1. The van der Waals surface area contributed by atoms with Gasteiger partial charge in [-0.15, -0.1) is 0 Å². The molecule has 0 saturated carbocycles. The molecule has 0 unspecified atom stereocenters. The zero-order chi connectivity index (χ0) is 12.9. The molecule has 0 aromatic heterocycles. The van der Waals surface area contributed by atoms with Crippen LogP contribution >= 0.6 is 0 Å². The van der Waals surface area contributed by atoms with Gasteiger partial charge in [0.25, 0.3) is 5.69 Å². The van der Waals surface area contributed by atoms with Crippen molar-refractivity contribution in [3.63, 3.8) is 0 Å². The molecular formula is C12H18N2O3. The van der Waals surface area contributed by atoms with Gasteiger partial charge in [-0.1, -0.05) is 26.0 Å². The lowest BCUT2D eigenvalue weighted by Gasteiger charge is -2.21. The van der Waals surface area contributed by atoms with Gasteiger partial charge in [-0.25, -0.2) is 0 Å². The standard InChI is InChI=1S/C12H18N2O3/c1-12(2,9-15)8-13-7-10-3-5-11(6-4-10)14(16)17/h3-6,13,15H,7-9H2,1-2H3. The lowest BCUT2D eigenvalue weighted by molar-refractivity contribution is -0.384. The number of rotatable bonds is 6. The Labute approximate surface area is 101 Å². The zero-order valence-electron chi connectivity index (χ0n) is 10.1. The van der Waals surface area contributed by atoms with Crippen LogP contribution < -0.4 is 5.32 Å². The Bertz CT molecular complexity index is 374. The first-order chi connectivity index (χ1) is 7.94. The summed E-state index contributed by atoms with van der Waals surface area (Å²) >= 11 is 0. The van der Waals surface area contributed by atoms with E-state index in [0.29, 0.717) is 13.1 Å². The van der Waals surface area contributed by atoms with Crippen LogP contribution in [0, 0.1) is 15.5 Å². The first-order valence-electron chi connectivity index (χ1n) is 5.49. The normalized spacial score (nSPS) is 11.5. The highest BCUT2D eigenvalue weighted by atomic mass is 16.6. The van der Waals surface area contributed by atoms with Crippen molar-refractivity contribution < 1.29 is 10.0 Å². The molecule has 0 fully saturated rings. The molecule has 94 valence electrons. The van der Waals surface area contributed by atoms with Gasteiger partial charge >= 0.3 is 0 Å². The minimum atomic E-state index is -0.411. The van der Waals surface area contributed by atoms with Crippen LogP contribution in [-0.2, 0) is 6.54 Å². The van der Waals surface area contributed by atoms with E-state index in [9.17, 15) is 10.1 Å². The number of hydrogen-bond acceptors (Lipinski definition) is 4. The number of hydrogen-bond donors (Lipinski definition) is 2. The Morgan fingerprint density at radius 3 is 2.41 bits per heavy atom. The molecule has 17 heavy (non-hydrogen) atoms. The van der Waals surface area contributed by atoms with Crippen LogP contribution in [0.5, 0.6) is 0 Å². The van der Waals surface area contributed by atoms with Crippen LogP contribution in [0.25, 0.3) is 0 Å². The van der Waals surface area contributed by atoms with E-state index >= 15 is 0 Å². The van der Waals surface area contributed by atoms with Crippen molar-refractivity contribution in [1.29, 1.82) is 0 Å². The number of non-ortho nitro benzene ring substituents is 1. The number of nitro benzene ring substituents is 1. The number of nitrogens with zero attached hydrogens (tertiary/aromatic N) is 1. The number of aliphatic hydroxyl groups is 1. The second-order valence-corrected chi connectivity index (χ2v) is 4.85. The predicted octanol–water partition coefficient (Wildman–Crippen LogP) is 1.70. The molecule has 0 atom stereocenters. The molecular weight excluding hydrogens is 220 g/mol. The average Bonchev–Trinajstić information content (AvgIpc) is 2.29. The Balaban J connectivity index is 2.45. The molecule has 0 aliphatic carbocycles. The average molecular weight is 238 g/mol. The lowest BCUT2D eigenvalue weighted by atomic mass is 9.95. The summed E-state index contributed by atoms with van der Waals surface area (Å²) in [6.45, 7) is 5.40. The van der Waals surface area contributed by atoms with Gasteiger partial charge in [0.05, 0.1) is 4.92 Å². The number of aliphatic hydroxyl groups excluding tert-OH is 1. The third-order valence-corrected chi connectivity index (χ3v) is 2.51. The van der Waals surface area contributed by atoms with E-state index in [1.165, 1.54) is 12.1 Å². The minimum absolute atomic E-state index is 0.101. The predicted molar refractivity (Wildman–Crippen MR) is 65.7 cm³/mol.